The normalized spacial score (nSPS) is 13.6. The molecule has 6 nitrogen and oxygen atoms in total. The lowest BCUT2D eigenvalue weighted by atomic mass is 10.2. The smallest absolute Gasteiger partial charge is 0.293 e. The number of ether oxygens (including phenoxy) is 3. The quantitative estimate of drug-likeness (QED) is 0.370. The van der Waals surface area contributed by atoms with Crippen LogP contribution in [-0.4, -0.2) is 38.2 Å². The van der Waals surface area contributed by atoms with Crippen LogP contribution in [0, 0.1) is 0 Å². The zero-order valence-electron chi connectivity index (χ0n) is 7.04. The molecule has 0 radical (unpaired) electrons. The lowest BCUT2D eigenvalue weighted by Gasteiger charge is -2.19. The molecule has 0 aliphatic carbocycles. The fraction of sp³-hybridized carbons (Fsp3) is 0.571. The Morgan fingerprint density at radius 3 is 2.15 bits per heavy atom. The van der Waals surface area contributed by atoms with Gasteiger partial charge in [-0.25, -0.2) is 0 Å². The first-order valence-corrected chi connectivity index (χ1v) is 3.49. The molecule has 0 aromatic heterocycles. The zero-order valence-corrected chi connectivity index (χ0v) is 7.04. The Morgan fingerprint density at radius 2 is 1.69 bits per heavy atom. The van der Waals surface area contributed by atoms with Crippen LogP contribution in [0.4, 0.5) is 0 Å². The summed E-state index contributed by atoms with van der Waals surface area (Å²) in [5.74, 6) is 0. The van der Waals surface area contributed by atoms with E-state index in [0.29, 0.717) is 0 Å². The molecule has 74 valence electrons. The Balaban J connectivity index is 3.95. The van der Waals surface area contributed by atoms with Gasteiger partial charge in [0.1, 0.15) is 12.7 Å². The van der Waals surface area contributed by atoms with Gasteiger partial charge in [0.15, 0.2) is 6.10 Å². The van der Waals surface area contributed by atoms with Gasteiger partial charge < -0.3 is 14.2 Å². The molecule has 0 aliphatic rings. The van der Waals surface area contributed by atoms with Crippen LogP contribution in [0.25, 0.3) is 0 Å². The van der Waals surface area contributed by atoms with E-state index in [1.807, 2.05) is 0 Å². The minimum atomic E-state index is -0.770. The summed E-state index contributed by atoms with van der Waals surface area (Å²) in [5.41, 5.74) is 0. The Morgan fingerprint density at radius 1 is 1.08 bits per heavy atom. The van der Waals surface area contributed by atoms with Crippen LogP contribution < -0.4 is 0 Å². The lowest BCUT2D eigenvalue weighted by molar-refractivity contribution is -0.156. The molecule has 0 bridgehead atoms. The average molecular weight is 190 g/mol. The number of hydrogen-bond acceptors (Lipinski definition) is 6. The van der Waals surface area contributed by atoms with Crippen molar-refractivity contribution >= 4 is 19.4 Å². The summed E-state index contributed by atoms with van der Waals surface area (Å²) in [6, 6.07) is 0. The average Bonchev–Trinajstić information content (AvgIpc) is 2.12. The second-order valence-electron chi connectivity index (χ2n) is 2.14. The summed E-state index contributed by atoms with van der Waals surface area (Å²) < 4.78 is 13.4. The summed E-state index contributed by atoms with van der Waals surface area (Å²) in [5, 5.41) is 0. The molecule has 13 heavy (non-hydrogen) atoms. The van der Waals surface area contributed by atoms with Crippen molar-refractivity contribution in [3.63, 3.8) is 0 Å². The number of carbonyl (C=O) groups excluding carboxylic acids is 3. The molecule has 2 unspecified atom stereocenters. The summed E-state index contributed by atoms with van der Waals surface area (Å²) in [4.78, 5) is 29.7. The molecule has 0 heterocycles. The van der Waals surface area contributed by atoms with E-state index in [1.165, 1.54) is 6.92 Å². The summed E-state index contributed by atoms with van der Waals surface area (Å²) in [6.07, 6.45) is -1.42. The molecule has 0 aromatic rings. The monoisotopic (exact) mass is 190 g/mol. The highest BCUT2D eigenvalue weighted by Crippen LogP contribution is 2.01. The van der Waals surface area contributed by atoms with Gasteiger partial charge in [-0.3, -0.25) is 14.4 Å². The van der Waals surface area contributed by atoms with Gasteiger partial charge in [-0.2, -0.15) is 0 Å². The third-order valence-electron chi connectivity index (χ3n) is 1.35. The van der Waals surface area contributed by atoms with Crippen molar-refractivity contribution in [1.82, 2.24) is 0 Å². The van der Waals surface area contributed by atoms with Crippen LogP contribution in [0.1, 0.15) is 6.92 Å². The van der Waals surface area contributed by atoms with Gasteiger partial charge in [-0.15, -0.1) is 0 Å². The predicted molar refractivity (Wildman–Crippen MR) is 39.6 cm³/mol. The van der Waals surface area contributed by atoms with Crippen molar-refractivity contribution in [2.45, 2.75) is 19.1 Å². The molecule has 0 rings (SSSR count). The van der Waals surface area contributed by atoms with E-state index < -0.39 is 12.2 Å². The Labute approximate surface area is 74.8 Å². The molecule has 0 N–H and O–H groups in total. The second kappa shape index (κ2) is 7.08. The van der Waals surface area contributed by atoms with Crippen molar-refractivity contribution in [3.8, 4) is 0 Å². The molecule has 2 atom stereocenters. The Hall–Kier alpha value is -1.59. The van der Waals surface area contributed by atoms with Crippen LogP contribution in [-0.2, 0) is 28.6 Å². The van der Waals surface area contributed by atoms with Gasteiger partial charge in [0.05, 0.1) is 0 Å². The molecule has 0 spiro atoms. The first-order valence-electron chi connectivity index (χ1n) is 3.49. The largest absolute Gasteiger partial charge is 0.464 e. The molecule has 0 aromatic carbocycles. The van der Waals surface area contributed by atoms with Gasteiger partial charge >= 0.3 is 0 Å². The minimum Gasteiger partial charge on any atom is -0.464 e. The van der Waals surface area contributed by atoms with E-state index in [4.69, 9.17) is 0 Å². The van der Waals surface area contributed by atoms with Gasteiger partial charge in [0, 0.05) is 0 Å². The van der Waals surface area contributed by atoms with E-state index >= 15 is 0 Å². The fourth-order valence-electron chi connectivity index (χ4n) is 0.666. The Bertz CT molecular complexity index is 168. The maximum Gasteiger partial charge on any atom is 0.293 e. The molecule has 0 aliphatic heterocycles. The molecular weight excluding hydrogens is 180 g/mol. The summed E-state index contributed by atoms with van der Waals surface area (Å²) in [6.45, 7) is 2.01. The zero-order chi connectivity index (χ0) is 10.1. The second-order valence-corrected chi connectivity index (χ2v) is 2.14. The third-order valence-corrected chi connectivity index (χ3v) is 1.35. The highest BCUT2D eigenvalue weighted by atomic mass is 16.6. The van der Waals surface area contributed by atoms with Crippen molar-refractivity contribution in [1.29, 1.82) is 0 Å². The maximum atomic E-state index is 9.98. The van der Waals surface area contributed by atoms with Crippen LogP contribution in [0.15, 0.2) is 0 Å². The standard InChI is InChI=1S/C7H10O6/c1-6(12-4-9)7(13-5-10)2-11-3-8/h3-7H,2H2,1H3. The first kappa shape index (κ1) is 11.4. The number of carbonyl (C=O) groups is 3. The van der Waals surface area contributed by atoms with E-state index in [1.54, 1.807) is 0 Å². The topological polar surface area (TPSA) is 78.9 Å². The molecular formula is C7H10O6. The van der Waals surface area contributed by atoms with Crippen LogP contribution >= 0.6 is 0 Å². The van der Waals surface area contributed by atoms with E-state index in [0.717, 1.165) is 0 Å². The van der Waals surface area contributed by atoms with Gasteiger partial charge in [-0.1, -0.05) is 0 Å². The maximum absolute atomic E-state index is 9.98. The highest BCUT2D eigenvalue weighted by molar-refractivity contribution is 5.40. The minimum absolute atomic E-state index is 0.142. The first-order chi connectivity index (χ1) is 6.26. The molecule has 0 saturated carbocycles. The van der Waals surface area contributed by atoms with Crippen LogP contribution in [0.3, 0.4) is 0 Å². The van der Waals surface area contributed by atoms with Crippen LogP contribution in [0.2, 0.25) is 0 Å². The lowest BCUT2D eigenvalue weighted by Crippen LogP contribution is -2.32. The summed E-state index contributed by atoms with van der Waals surface area (Å²) >= 11 is 0. The molecule has 0 saturated heterocycles. The highest BCUT2D eigenvalue weighted by Gasteiger charge is 2.20. The Kier molecular flexibility index (Phi) is 6.21. The van der Waals surface area contributed by atoms with Crippen molar-refractivity contribution in [3.05, 3.63) is 0 Å². The number of rotatable bonds is 8. The van der Waals surface area contributed by atoms with Crippen molar-refractivity contribution in [2.75, 3.05) is 6.61 Å². The van der Waals surface area contributed by atoms with Crippen LogP contribution in [0.5, 0.6) is 0 Å². The van der Waals surface area contributed by atoms with Gasteiger partial charge in [-0.05, 0) is 6.92 Å². The molecule has 0 fully saturated rings. The van der Waals surface area contributed by atoms with E-state index in [-0.39, 0.29) is 26.0 Å². The van der Waals surface area contributed by atoms with Gasteiger partial charge in [0.25, 0.3) is 19.4 Å². The predicted octanol–water partition coefficient (Wildman–Crippen LogP) is -0.738. The van der Waals surface area contributed by atoms with E-state index in [9.17, 15) is 14.4 Å². The SMILES string of the molecule is CC(OC=O)C(COC=O)OC=O. The van der Waals surface area contributed by atoms with Crippen molar-refractivity contribution in [2.24, 2.45) is 0 Å². The van der Waals surface area contributed by atoms with Crippen molar-refractivity contribution < 1.29 is 28.6 Å². The fourth-order valence-corrected chi connectivity index (χ4v) is 0.666. The third kappa shape index (κ3) is 4.78. The van der Waals surface area contributed by atoms with Gasteiger partial charge in [0.2, 0.25) is 0 Å². The molecule has 0 amide bonds. The summed E-state index contributed by atoms with van der Waals surface area (Å²) in [7, 11) is 0. The molecule has 6 heteroatoms. The number of hydrogen-bond donors (Lipinski definition) is 0. The van der Waals surface area contributed by atoms with E-state index in [2.05, 4.69) is 14.2 Å².